The maximum Gasteiger partial charge on any atom is 0.309 e. The number of methoxy groups -OCH3 is 2. The van der Waals surface area contributed by atoms with Crippen LogP contribution in [0.1, 0.15) is 32.1 Å². The molecule has 0 N–H and O–H groups in total. The molecule has 4 heteroatoms. The van der Waals surface area contributed by atoms with E-state index >= 15 is 0 Å². The summed E-state index contributed by atoms with van der Waals surface area (Å²) in [5.41, 5.74) is 0. The third-order valence-electron chi connectivity index (χ3n) is 1.91. The molecule has 0 aliphatic heterocycles. The van der Waals surface area contributed by atoms with Gasteiger partial charge in [0.15, 0.2) is 0 Å². The van der Waals surface area contributed by atoms with Gasteiger partial charge < -0.3 is 9.47 Å². The molecule has 0 unspecified atom stereocenters. The highest BCUT2D eigenvalue weighted by Crippen LogP contribution is 2.02. The van der Waals surface area contributed by atoms with Crippen LogP contribution in [0.25, 0.3) is 0 Å². The van der Waals surface area contributed by atoms with E-state index in [2.05, 4.69) is 9.47 Å². The van der Waals surface area contributed by atoms with Gasteiger partial charge in [-0.3, -0.25) is 9.59 Å². The Morgan fingerprint density at radius 3 is 2.27 bits per heavy atom. The van der Waals surface area contributed by atoms with Gasteiger partial charge in [0, 0.05) is 6.42 Å². The Labute approximate surface area is 90.2 Å². The molecule has 4 nitrogen and oxygen atoms in total. The van der Waals surface area contributed by atoms with Gasteiger partial charge >= 0.3 is 11.9 Å². The van der Waals surface area contributed by atoms with Crippen molar-refractivity contribution in [1.82, 2.24) is 0 Å². The predicted octanol–water partition coefficient (Wildman–Crippen LogP) is 1.84. The zero-order chi connectivity index (χ0) is 11.5. The van der Waals surface area contributed by atoms with Crippen molar-refractivity contribution in [3.63, 3.8) is 0 Å². The molecule has 0 radical (unpaired) electrons. The van der Waals surface area contributed by atoms with E-state index in [1.807, 2.05) is 6.08 Å². The van der Waals surface area contributed by atoms with E-state index in [0.717, 1.165) is 19.3 Å². The van der Waals surface area contributed by atoms with Gasteiger partial charge in [0.2, 0.25) is 0 Å². The lowest BCUT2D eigenvalue weighted by Gasteiger charge is -1.97. The van der Waals surface area contributed by atoms with Gasteiger partial charge in [-0.1, -0.05) is 12.2 Å². The van der Waals surface area contributed by atoms with Gasteiger partial charge in [-0.15, -0.1) is 0 Å². The lowest BCUT2D eigenvalue weighted by molar-refractivity contribution is -0.141. The highest BCUT2D eigenvalue weighted by Gasteiger charge is 1.98. The Morgan fingerprint density at radius 1 is 1.00 bits per heavy atom. The second-order valence-corrected chi connectivity index (χ2v) is 3.07. The summed E-state index contributed by atoms with van der Waals surface area (Å²) >= 11 is 0. The standard InChI is InChI=1S/C11H18O4/c1-14-10(12)8-6-4-3-5-7-9-11(13)15-2/h4,6H,3,5,7-9H2,1-2H3. The van der Waals surface area contributed by atoms with E-state index in [9.17, 15) is 9.59 Å². The second kappa shape index (κ2) is 9.24. The Balaban J connectivity index is 3.31. The van der Waals surface area contributed by atoms with Crippen molar-refractivity contribution in [3.8, 4) is 0 Å². The van der Waals surface area contributed by atoms with Crippen LogP contribution in [0.4, 0.5) is 0 Å². The number of hydrogen-bond donors (Lipinski definition) is 0. The van der Waals surface area contributed by atoms with Crippen LogP contribution in [0.5, 0.6) is 0 Å². The molecule has 0 heterocycles. The monoisotopic (exact) mass is 214 g/mol. The van der Waals surface area contributed by atoms with Crippen LogP contribution in [0.15, 0.2) is 12.2 Å². The summed E-state index contributed by atoms with van der Waals surface area (Å²) < 4.78 is 8.98. The van der Waals surface area contributed by atoms with Crippen molar-refractivity contribution in [2.45, 2.75) is 32.1 Å². The smallest absolute Gasteiger partial charge is 0.309 e. The SMILES string of the molecule is COC(=O)CC=CCCCCC(=O)OC. The minimum Gasteiger partial charge on any atom is -0.469 e. The van der Waals surface area contributed by atoms with Crippen LogP contribution in [0, 0.1) is 0 Å². The third kappa shape index (κ3) is 9.00. The Kier molecular flexibility index (Phi) is 8.43. The van der Waals surface area contributed by atoms with E-state index in [1.54, 1.807) is 6.08 Å². The molecule has 0 aliphatic rings. The molecule has 0 saturated heterocycles. The first-order chi connectivity index (χ1) is 7.20. The van der Waals surface area contributed by atoms with Gasteiger partial charge in [-0.25, -0.2) is 0 Å². The lowest BCUT2D eigenvalue weighted by Crippen LogP contribution is -1.99. The fourth-order valence-electron chi connectivity index (χ4n) is 1.01. The summed E-state index contributed by atoms with van der Waals surface area (Å²) in [6, 6.07) is 0. The molecule has 0 bridgehead atoms. The Morgan fingerprint density at radius 2 is 1.67 bits per heavy atom. The van der Waals surface area contributed by atoms with E-state index in [4.69, 9.17) is 0 Å². The molecule has 0 rings (SSSR count). The summed E-state index contributed by atoms with van der Waals surface area (Å²) in [5, 5.41) is 0. The summed E-state index contributed by atoms with van der Waals surface area (Å²) in [4.78, 5) is 21.4. The van der Waals surface area contributed by atoms with Gasteiger partial charge in [0.05, 0.1) is 20.6 Å². The molecule has 0 fully saturated rings. The summed E-state index contributed by atoms with van der Waals surface area (Å²) in [5.74, 6) is -0.408. The van der Waals surface area contributed by atoms with Crippen molar-refractivity contribution in [1.29, 1.82) is 0 Å². The largest absolute Gasteiger partial charge is 0.469 e. The van der Waals surface area contributed by atoms with E-state index in [1.165, 1.54) is 14.2 Å². The number of carbonyl (C=O) groups excluding carboxylic acids is 2. The first-order valence-corrected chi connectivity index (χ1v) is 4.99. The topological polar surface area (TPSA) is 52.6 Å². The Bertz CT molecular complexity index is 221. The molecule has 0 aromatic carbocycles. The summed E-state index contributed by atoms with van der Waals surface area (Å²) in [7, 11) is 2.76. The molecule has 0 atom stereocenters. The molecule has 0 aromatic rings. The zero-order valence-electron chi connectivity index (χ0n) is 9.32. The molecular formula is C11H18O4. The zero-order valence-corrected chi connectivity index (χ0v) is 9.32. The number of carbonyl (C=O) groups is 2. The minimum atomic E-state index is -0.235. The van der Waals surface area contributed by atoms with Gasteiger partial charge in [0.1, 0.15) is 0 Å². The first-order valence-electron chi connectivity index (χ1n) is 4.99. The van der Waals surface area contributed by atoms with Crippen molar-refractivity contribution in [2.24, 2.45) is 0 Å². The molecule has 0 saturated carbocycles. The van der Waals surface area contributed by atoms with Crippen LogP contribution < -0.4 is 0 Å². The average Bonchev–Trinajstić information content (AvgIpc) is 2.26. The maximum absolute atomic E-state index is 10.7. The first kappa shape index (κ1) is 13.7. The minimum absolute atomic E-state index is 0.173. The molecule has 0 spiro atoms. The van der Waals surface area contributed by atoms with Crippen LogP contribution in [0.2, 0.25) is 0 Å². The highest BCUT2D eigenvalue weighted by atomic mass is 16.5. The van der Waals surface area contributed by atoms with Crippen LogP contribution >= 0.6 is 0 Å². The number of esters is 2. The number of unbranched alkanes of at least 4 members (excludes halogenated alkanes) is 2. The second-order valence-electron chi connectivity index (χ2n) is 3.07. The molecule has 0 aromatic heterocycles. The van der Waals surface area contributed by atoms with Crippen LogP contribution in [-0.4, -0.2) is 26.2 Å². The van der Waals surface area contributed by atoms with Crippen molar-refractivity contribution in [3.05, 3.63) is 12.2 Å². The number of rotatable bonds is 7. The fourth-order valence-corrected chi connectivity index (χ4v) is 1.01. The van der Waals surface area contributed by atoms with Crippen LogP contribution in [0.3, 0.4) is 0 Å². The predicted molar refractivity (Wildman–Crippen MR) is 56.3 cm³/mol. The third-order valence-corrected chi connectivity index (χ3v) is 1.91. The van der Waals surface area contributed by atoms with Gasteiger partial charge in [-0.2, -0.15) is 0 Å². The fraction of sp³-hybridized carbons (Fsp3) is 0.636. The molecule has 0 aliphatic carbocycles. The van der Waals surface area contributed by atoms with Crippen molar-refractivity contribution >= 4 is 11.9 Å². The van der Waals surface area contributed by atoms with Gasteiger partial charge in [-0.05, 0) is 19.3 Å². The van der Waals surface area contributed by atoms with Gasteiger partial charge in [0.25, 0.3) is 0 Å². The van der Waals surface area contributed by atoms with E-state index in [0.29, 0.717) is 12.8 Å². The maximum atomic E-state index is 10.7. The highest BCUT2D eigenvalue weighted by molar-refractivity contribution is 5.70. The normalized spacial score (nSPS) is 10.3. The molecule has 0 amide bonds. The van der Waals surface area contributed by atoms with Crippen LogP contribution in [-0.2, 0) is 19.1 Å². The quantitative estimate of drug-likeness (QED) is 0.368. The average molecular weight is 214 g/mol. The Hall–Kier alpha value is -1.32. The number of ether oxygens (including phenoxy) is 2. The lowest BCUT2D eigenvalue weighted by atomic mass is 10.2. The van der Waals surface area contributed by atoms with E-state index in [-0.39, 0.29) is 11.9 Å². The number of allylic oxidation sites excluding steroid dienone is 1. The molecular weight excluding hydrogens is 196 g/mol. The number of hydrogen-bond acceptors (Lipinski definition) is 4. The van der Waals surface area contributed by atoms with Crippen molar-refractivity contribution < 1.29 is 19.1 Å². The van der Waals surface area contributed by atoms with E-state index < -0.39 is 0 Å². The molecule has 15 heavy (non-hydrogen) atoms. The van der Waals surface area contributed by atoms with Crippen molar-refractivity contribution in [2.75, 3.05) is 14.2 Å². The summed E-state index contributed by atoms with van der Waals surface area (Å²) in [6.45, 7) is 0. The molecule has 86 valence electrons. The summed E-state index contributed by atoms with van der Waals surface area (Å²) in [6.07, 6.45) is 7.09.